The number of likely N-dealkylation sites (tertiary alicyclic amines) is 1. The van der Waals surface area contributed by atoms with Gasteiger partial charge in [0.15, 0.2) is 5.60 Å². The average Bonchev–Trinajstić information content (AvgIpc) is 3.11. The lowest BCUT2D eigenvalue weighted by atomic mass is 9.79. The quantitative estimate of drug-likeness (QED) is 0.812. The monoisotopic (exact) mass is 330 g/mol. The summed E-state index contributed by atoms with van der Waals surface area (Å²) < 4.78 is 5.83. The summed E-state index contributed by atoms with van der Waals surface area (Å²) in [6, 6.07) is 14.7. The van der Waals surface area contributed by atoms with Gasteiger partial charge in [-0.3, -0.25) is 9.88 Å². The van der Waals surface area contributed by atoms with Crippen molar-refractivity contribution >= 4 is 11.5 Å². The molecule has 3 heterocycles. The van der Waals surface area contributed by atoms with Gasteiger partial charge in [-0.2, -0.15) is 0 Å². The fourth-order valence-corrected chi connectivity index (χ4v) is 4.32. The number of hydrogen-bond donors (Lipinski definition) is 0. The molecule has 2 bridgehead atoms. The molecule has 2 aromatic rings. The number of nitrogens with zero attached hydrogens (tertiary/aromatic N) is 2. The summed E-state index contributed by atoms with van der Waals surface area (Å²) in [5, 5.41) is 0. The zero-order valence-corrected chi connectivity index (χ0v) is 13.8. The van der Waals surface area contributed by atoms with E-state index >= 15 is 0 Å². The fraction of sp³-hybridized carbons (Fsp3) is 0.238. The zero-order chi connectivity index (χ0) is 16.9. The largest absolute Gasteiger partial charge is 0.450 e. The van der Waals surface area contributed by atoms with Crippen molar-refractivity contribution in [2.24, 2.45) is 0 Å². The zero-order valence-electron chi connectivity index (χ0n) is 13.8. The molecule has 25 heavy (non-hydrogen) atoms. The van der Waals surface area contributed by atoms with Gasteiger partial charge in [0.1, 0.15) is 0 Å². The summed E-state index contributed by atoms with van der Waals surface area (Å²) in [5.74, 6) is -0.225. The van der Waals surface area contributed by atoms with E-state index in [9.17, 15) is 4.79 Å². The first-order chi connectivity index (χ1) is 12.2. The van der Waals surface area contributed by atoms with E-state index in [1.165, 1.54) is 5.56 Å². The summed E-state index contributed by atoms with van der Waals surface area (Å²) >= 11 is 0. The number of hydrogen-bond acceptors (Lipinski definition) is 4. The number of aromatic nitrogens is 1. The number of esters is 1. The van der Waals surface area contributed by atoms with Crippen LogP contribution in [0.25, 0.3) is 5.57 Å². The number of rotatable bonds is 3. The molecule has 4 heteroatoms. The van der Waals surface area contributed by atoms with Gasteiger partial charge in [-0.05, 0) is 28.8 Å². The van der Waals surface area contributed by atoms with E-state index in [0.717, 1.165) is 36.2 Å². The Kier molecular flexibility index (Phi) is 3.15. The van der Waals surface area contributed by atoms with Crippen LogP contribution in [0.2, 0.25) is 0 Å². The first kappa shape index (κ1) is 14.6. The molecule has 0 amide bonds. The van der Waals surface area contributed by atoms with E-state index in [1.54, 1.807) is 18.5 Å². The number of carbonyl (C=O) groups is 1. The van der Waals surface area contributed by atoms with Gasteiger partial charge in [0.25, 0.3) is 0 Å². The minimum absolute atomic E-state index is 0.225. The molecule has 4 nitrogen and oxygen atoms in total. The molecule has 3 aliphatic rings. The van der Waals surface area contributed by atoms with Crippen molar-refractivity contribution in [1.82, 2.24) is 9.88 Å². The lowest BCUT2D eigenvalue weighted by molar-refractivity contribution is -0.145. The second-order valence-corrected chi connectivity index (χ2v) is 6.95. The highest BCUT2D eigenvalue weighted by Gasteiger charge is 2.55. The summed E-state index contributed by atoms with van der Waals surface area (Å²) in [5.41, 5.74) is 4.01. The summed E-state index contributed by atoms with van der Waals surface area (Å²) in [4.78, 5) is 18.6. The van der Waals surface area contributed by atoms with Crippen molar-refractivity contribution in [3.63, 3.8) is 0 Å². The second kappa shape index (κ2) is 5.39. The Morgan fingerprint density at radius 1 is 1.16 bits per heavy atom. The minimum Gasteiger partial charge on any atom is -0.450 e. The van der Waals surface area contributed by atoms with Crippen molar-refractivity contribution in [3.05, 3.63) is 83.7 Å². The highest BCUT2D eigenvalue weighted by atomic mass is 16.6. The molecule has 1 aromatic heterocycles. The maximum Gasteiger partial charge on any atom is 0.332 e. The molecule has 1 spiro atoms. The third kappa shape index (κ3) is 2.33. The van der Waals surface area contributed by atoms with Crippen molar-refractivity contribution in [1.29, 1.82) is 0 Å². The van der Waals surface area contributed by atoms with Crippen LogP contribution in [-0.2, 0) is 16.1 Å². The maximum atomic E-state index is 12.1. The predicted molar refractivity (Wildman–Crippen MR) is 94.4 cm³/mol. The third-order valence-corrected chi connectivity index (χ3v) is 5.38. The second-order valence-electron chi connectivity index (χ2n) is 6.95. The number of pyridine rings is 1. The third-order valence-electron chi connectivity index (χ3n) is 5.38. The van der Waals surface area contributed by atoms with Gasteiger partial charge >= 0.3 is 5.97 Å². The topological polar surface area (TPSA) is 42.4 Å². The normalized spacial score (nSPS) is 27.5. The van der Waals surface area contributed by atoms with Gasteiger partial charge in [-0.25, -0.2) is 4.79 Å². The fourth-order valence-electron chi connectivity index (χ4n) is 4.32. The summed E-state index contributed by atoms with van der Waals surface area (Å²) in [6.45, 7) is 1.60. The van der Waals surface area contributed by atoms with Crippen LogP contribution in [0.15, 0.2) is 72.6 Å². The lowest BCUT2D eigenvalue weighted by Crippen LogP contribution is -2.36. The maximum absolute atomic E-state index is 12.1. The Balaban J connectivity index is 1.55. The molecule has 1 fully saturated rings. The van der Waals surface area contributed by atoms with Crippen LogP contribution in [0.5, 0.6) is 0 Å². The van der Waals surface area contributed by atoms with E-state index in [2.05, 4.69) is 40.2 Å². The first-order valence-corrected chi connectivity index (χ1v) is 8.59. The standard InChI is InChI=1S/C21H18N2O2/c24-20-11-19-18(16-6-8-22-9-7-16)10-17-12-21(19,25-20)14-23(17)13-15-4-2-1-3-5-15/h1-11,17H,12-14H2/t17-,21-/m1/s1. The van der Waals surface area contributed by atoms with Crippen LogP contribution in [0.3, 0.4) is 0 Å². The van der Waals surface area contributed by atoms with Crippen LogP contribution in [0.4, 0.5) is 0 Å². The Hall–Kier alpha value is -2.72. The van der Waals surface area contributed by atoms with E-state index in [-0.39, 0.29) is 12.0 Å². The van der Waals surface area contributed by atoms with Gasteiger partial charge in [0.2, 0.25) is 0 Å². The number of carbonyl (C=O) groups excluding carboxylic acids is 1. The van der Waals surface area contributed by atoms with E-state index < -0.39 is 5.60 Å². The first-order valence-electron chi connectivity index (χ1n) is 8.59. The van der Waals surface area contributed by atoms with Gasteiger partial charge in [0, 0.05) is 49.6 Å². The average molecular weight is 330 g/mol. The molecular weight excluding hydrogens is 312 g/mol. The van der Waals surface area contributed by atoms with Crippen molar-refractivity contribution < 1.29 is 9.53 Å². The summed E-state index contributed by atoms with van der Waals surface area (Å²) in [7, 11) is 0. The molecule has 0 saturated carbocycles. The van der Waals surface area contributed by atoms with Gasteiger partial charge in [0.05, 0.1) is 0 Å². The van der Waals surface area contributed by atoms with Gasteiger partial charge in [-0.15, -0.1) is 0 Å². The molecule has 5 rings (SSSR count). The van der Waals surface area contributed by atoms with Crippen molar-refractivity contribution in [2.45, 2.75) is 24.6 Å². The molecule has 0 radical (unpaired) electrons. The van der Waals surface area contributed by atoms with Crippen molar-refractivity contribution in [3.8, 4) is 0 Å². The van der Waals surface area contributed by atoms with E-state index in [0.29, 0.717) is 0 Å². The van der Waals surface area contributed by atoms with Crippen LogP contribution in [0, 0.1) is 0 Å². The van der Waals surface area contributed by atoms with Crippen LogP contribution in [0.1, 0.15) is 17.5 Å². The molecular formula is C21H18N2O2. The SMILES string of the molecule is O=C1C=C2C(c3ccncc3)=C[C@@H]3C[C@]2(CN3Cc2ccccc2)O1. The number of benzene rings is 1. The number of fused-ring (bicyclic) bond motifs is 1. The number of ether oxygens (including phenoxy) is 1. The molecule has 2 atom stereocenters. The Morgan fingerprint density at radius 3 is 2.76 bits per heavy atom. The van der Waals surface area contributed by atoms with E-state index in [4.69, 9.17) is 4.74 Å². The molecule has 2 aliphatic heterocycles. The highest BCUT2D eigenvalue weighted by molar-refractivity contribution is 5.97. The lowest BCUT2D eigenvalue weighted by Gasteiger charge is -2.30. The van der Waals surface area contributed by atoms with Gasteiger partial charge < -0.3 is 4.74 Å². The highest BCUT2D eigenvalue weighted by Crippen LogP contribution is 2.50. The molecule has 0 N–H and O–H groups in total. The Bertz CT molecular complexity index is 889. The molecule has 1 saturated heterocycles. The molecule has 1 aromatic carbocycles. The Labute approximate surface area is 146 Å². The van der Waals surface area contributed by atoms with Crippen LogP contribution in [-0.4, -0.2) is 34.0 Å². The smallest absolute Gasteiger partial charge is 0.332 e. The predicted octanol–water partition coefficient (Wildman–Crippen LogP) is 2.98. The summed E-state index contributed by atoms with van der Waals surface area (Å²) in [6.07, 6.45) is 8.39. The van der Waals surface area contributed by atoms with Crippen molar-refractivity contribution in [2.75, 3.05) is 6.54 Å². The minimum atomic E-state index is -0.496. The van der Waals surface area contributed by atoms with Crippen LogP contribution >= 0.6 is 0 Å². The van der Waals surface area contributed by atoms with Crippen LogP contribution < -0.4 is 0 Å². The Morgan fingerprint density at radius 2 is 1.96 bits per heavy atom. The van der Waals surface area contributed by atoms with Gasteiger partial charge in [-0.1, -0.05) is 36.4 Å². The molecule has 1 aliphatic carbocycles. The molecule has 124 valence electrons. The molecule has 0 unspecified atom stereocenters. The van der Waals surface area contributed by atoms with E-state index in [1.807, 2.05) is 18.2 Å².